The lowest BCUT2D eigenvalue weighted by atomic mass is 9.97. The van der Waals surface area contributed by atoms with Crippen molar-refractivity contribution in [2.75, 3.05) is 0 Å². The number of rotatable bonds is 2. The maximum Gasteiger partial charge on any atom is 0.235 e. The first kappa shape index (κ1) is 10.5. The van der Waals surface area contributed by atoms with Crippen molar-refractivity contribution in [1.29, 1.82) is 0 Å². The van der Waals surface area contributed by atoms with Crippen LogP contribution in [0, 0.1) is 0 Å². The van der Waals surface area contributed by atoms with Gasteiger partial charge in [-0.3, -0.25) is 0 Å². The van der Waals surface area contributed by atoms with E-state index in [9.17, 15) is 4.79 Å². The van der Waals surface area contributed by atoms with Crippen LogP contribution in [0.1, 0.15) is 37.3 Å². The zero-order valence-corrected chi connectivity index (χ0v) is 9.90. The third-order valence-corrected chi connectivity index (χ3v) is 3.74. The molecule has 1 heterocycles. The van der Waals surface area contributed by atoms with Crippen LogP contribution < -0.4 is 4.74 Å². The van der Waals surface area contributed by atoms with Crippen LogP contribution in [0.15, 0.2) is 23.2 Å². The highest BCUT2D eigenvalue weighted by atomic mass is 16.5. The van der Waals surface area contributed by atoms with Gasteiger partial charge in [-0.05, 0) is 49.8 Å². The van der Waals surface area contributed by atoms with E-state index in [1.807, 2.05) is 0 Å². The topological polar surface area (TPSA) is 38.7 Å². The Balaban J connectivity index is 1.98. The van der Waals surface area contributed by atoms with Crippen molar-refractivity contribution in [3.8, 4) is 5.75 Å². The molecule has 0 aromatic heterocycles. The van der Waals surface area contributed by atoms with Crippen molar-refractivity contribution >= 4 is 6.08 Å². The molecule has 0 radical (unpaired) electrons. The molecule has 0 bridgehead atoms. The van der Waals surface area contributed by atoms with Crippen molar-refractivity contribution in [2.24, 2.45) is 4.99 Å². The monoisotopic (exact) mass is 229 g/mol. The number of aryl methyl sites for hydroxylation is 1. The second kappa shape index (κ2) is 3.71. The molecule has 1 unspecified atom stereocenters. The molecule has 3 rings (SSSR count). The largest absolute Gasteiger partial charge is 0.490 e. The standard InChI is InChI=1S/C14H15NO2/c1-10-2-3-11-4-5-12(8-13(11)17-10)14(6-7-14)15-9-16/h4-5,8,10H,2-3,6-7H2,1H3. The number of carbonyl (C=O) groups excluding carboxylic acids is 1. The third kappa shape index (κ3) is 1.77. The fourth-order valence-corrected chi connectivity index (χ4v) is 2.47. The summed E-state index contributed by atoms with van der Waals surface area (Å²) in [5, 5.41) is 0. The average Bonchev–Trinajstić information content (AvgIpc) is 3.09. The van der Waals surface area contributed by atoms with Crippen molar-refractivity contribution in [2.45, 2.75) is 44.2 Å². The summed E-state index contributed by atoms with van der Waals surface area (Å²) >= 11 is 0. The van der Waals surface area contributed by atoms with E-state index in [0.717, 1.165) is 37.0 Å². The molecule has 1 aromatic rings. The first-order chi connectivity index (χ1) is 8.23. The Kier molecular flexibility index (Phi) is 2.30. The maximum absolute atomic E-state index is 10.5. The number of aliphatic imine (C=N–C) groups is 1. The minimum atomic E-state index is -0.291. The summed E-state index contributed by atoms with van der Waals surface area (Å²) in [5.41, 5.74) is 2.06. The quantitative estimate of drug-likeness (QED) is 0.577. The lowest BCUT2D eigenvalue weighted by Gasteiger charge is -2.24. The summed E-state index contributed by atoms with van der Waals surface area (Å²) in [4.78, 5) is 14.4. The molecule has 1 aromatic carbocycles. The van der Waals surface area contributed by atoms with E-state index in [1.165, 1.54) is 5.56 Å². The summed E-state index contributed by atoms with van der Waals surface area (Å²) < 4.78 is 5.83. The first-order valence-corrected chi connectivity index (χ1v) is 6.13. The Hall–Kier alpha value is -1.60. The summed E-state index contributed by atoms with van der Waals surface area (Å²) in [6.07, 6.45) is 6.00. The minimum Gasteiger partial charge on any atom is -0.490 e. The normalized spacial score (nSPS) is 24.2. The minimum absolute atomic E-state index is 0.280. The van der Waals surface area contributed by atoms with Gasteiger partial charge in [0.1, 0.15) is 5.75 Å². The van der Waals surface area contributed by atoms with E-state index in [2.05, 4.69) is 30.1 Å². The van der Waals surface area contributed by atoms with Crippen LogP contribution in [-0.2, 0) is 16.8 Å². The van der Waals surface area contributed by atoms with Crippen LogP contribution in [0.5, 0.6) is 5.75 Å². The molecule has 88 valence electrons. The van der Waals surface area contributed by atoms with Crippen LogP contribution in [0.2, 0.25) is 0 Å². The summed E-state index contributed by atoms with van der Waals surface area (Å²) in [6, 6.07) is 6.24. The highest BCUT2D eigenvalue weighted by Crippen LogP contribution is 2.50. The fourth-order valence-electron chi connectivity index (χ4n) is 2.47. The summed E-state index contributed by atoms with van der Waals surface area (Å²) in [6.45, 7) is 2.09. The maximum atomic E-state index is 10.5. The van der Waals surface area contributed by atoms with Crippen molar-refractivity contribution in [3.05, 3.63) is 29.3 Å². The van der Waals surface area contributed by atoms with Crippen LogP contribution in [-0.4, -0.2) is 12.2 Å². The molecule has 2 aliphatic rings. The Morgan fingerprint density at radius 3 is 3.00 bits per heavy atom. The van der Waals surface area contributed by atoms with Gasteiger partial charge >= 0.3 is 0 Å². The van der Waals surface area contributed by atoms with Crippen molar-refractivity contribution in [1.82, 2.24) is 0 Å². The van der Waals surface area contributed by atoms with Crippen molar-refractivity contribution in [3.63, 3.8) is 0 Å². The van der Waals surface area contributed by atoms with Gasteiger partial charge < -0.3 is 4.74 Å². The lowest BCUT2D eigenvalue weighted by molar-refractivity contribution is 0.192. The molecule has 3 heteroatoms. The van der Waals surface area contributed by atoms with Crippen LogP contribution in [0.4, 0.5) is 0 Å². The Morgan fingerprint density at radius 2 is 2.29 bits per heavy atom. The molecule has 0 amide bonds. The summed E-state index contributed by atoms with van der Waals surface area (Å²) in [5.74, 6) is 0.966. The molecule has 1 aliphatic heterocycles. The molecular weight excluding hydrogens is 214 g/mol. The number of hydrogen-bond donors (Lipinski definition) is 0. The lowest BCUT2D eigenvalue weighted by Crippen LogP contribution is -2.19. The second-order valence-electron chi connectivity index (χ2n) is 5.02. The smallest absolute Gasteiger partial charge is 0.235 e. The zero-order chi connectivity index (χ0) is 11.9. The van der Waals surface area contributed by atoms with Gasteiger partial charge in [-0.15, -0.1) is 0 Å². The van der Waals surface area contributed by atoms with Gasteiger partial charge in [0.25, 0.3) is 0 Å². The van der Waals surface area contributed by atoms with Crippen LogP contribution >= 0.6 is 0 Å². The van der Waals surface area contributed by atoms with Gasteiger partial charge in [-0.1, -0.05) is 12.1 Å². The first-order valence-electron chi connectivity index (χ1n) is 6.13. The van der Waals surface area contributed by atoms with Crippen LogP contribution in [0.3, 0.4) is 0 Å². The Morgan fingerprint density at radius 1 is 1.47 bits per heavy atom. The number of benzene rings is 1. The molecule has 0 saturated heterocycles. The second-order valence-corrected chi connectivity index (χ2v) is 5.02. The molecule has 0 spiro atoms. The van der Waals surface area contributed by atoms with Crippen molar-refractivity contribution < 1.29 is 9.53 Å². The average molecular weight is 229 g/mol. The fraction of sp³-hybridized carbons (Fsp3) is 0.500. The van der Waals surface area contributed by atoms with E-state index >= 15 is 0 Å². The van der Waals surface area contributed by atoms with Gasteiger partial charge in [0.15, 0.2) is 0 Å². The highest BCUT2D eigenvalue weighted by Gasteiger charge is 2.45. The summed E-state index contributed by atoms with van der Waals surface area (Å²) in [7, 11) is 0. The van der Waals surface area contributed by atoms with E-state index in [0.29, 0.717) is 0 Å². The van der Waals surface area contributed by atoms with Gasteiger partial charge in [0, 0.05) is 0 Å². The van der Waals surface area contributed by atoms with Gasteiger partial charge in [-0.2, -0.15) is 4.99 Å². The number of fused-ring (bicyclic) bond motifs is 1. The number of hydrogen-bond acceptors (Lipinski definition) is 3. The Bertz CT molecular complexity index is 499. The van der Waals surface area contributed by atoms with E-state index in [-0.39, 0.29) is 11.6 Å². The molecule has 1 fully saturated rings. The molecule has 3 nitrogen and oxygen atoms in total. The number of ether oxygens (including phenoxy) is 1. The molecule has 1 saturated carbocycles. The highest BCUT2D eigenvalue weighted by molar-refractivity contribution is 5.46. The van der Waals surface area contributed by atoms with E-state index in [1.54, 1.807) is 6.08 Å². The van der Waals surface area contributed by atoms with Gasteiger partial charge in [-0.25, -0.2) is 4.79 Å². The van der Waals surface area contributed by atoms with Gasteiger partial charge in [0.05, 0.1) is 11.6 Å². The number of nitrogens with zero attached hydrogens (tertiary/aromatic N) is 1. The predicted octanol–water partition coefficient (Wildman–Crippen LogP) is 2.73. The van der Waals surface area contributed by atoms with E-state index in [4.69, 9.17) is 4.74 Å². The zero-order valence-electron chi connectivity index (χ0n) is 9.90. The number of isocyanates is 1. The van der Waals surface area contributed by atoms with E-state index < -0.39 is 0 Å². The third-order valence-electron chi connectivity index (χ3n) is 3.74. The Labute approximate surface area is 101 Å². The van der Waals surface area contributed by atoms with Gasteiger partial charge in [0.2, 0.25) is 6.08 Å². The molecular formula is C14H15NO2. The molecule has 0 N–H and O–H groups in total. The SMILES string of the molecule is CC1CCc2ccc(C3(N=C=O)CC3)cc2O1. The van der Waals surface area contributed by atoms with Crippen LogP contribution in [0.25, 0.3) is 0 Å². The molecule has 1 aliphatic carbocycles. The molecule has 1 atom stereocenters. The molecule has 17 heavy (non-hydrogen) atoms. The predicted molar refractivity (Wildman–Crippen MR) is 63.9 cm³/mol.